The summed E-state index contributed by atoms with van der Waals surface area (Å²) in [6.45, 7) is 5.54. The highest BCUT2D eigenvalue weighted by Gasteiger charge is 2.32. The van der Waals surface area contributed by atoms with Crippen molar-refractivity contribution in [2.24, 2.45) is 11.7 Å². The van der Waals surface area contributed by atoms with Crippen molar-refractivity contribution in [2.75, 3.05) is 23.3 Å². The van der Waals surface area contributed by atoms with Gasteiger partial charge in [0.15, 0.2) is 0 Å². The van der Waals surface area contributed by atoms with E-state index >= 15 is 0 Å². The zero-order valence-electron chi connectivity index (χ0n) is 19.9. The summed E-state index contributed by atoms with van der Waals surface area (Å²) < 4.78 is 3.39. The summed E-state index contributed by atoms with van der Waals surface area (Å²) in [5.74, 6) is 0.198. The molecule has 0 spiro atoms. The van der Waals surface area contributed by atoms with Gasteiger partial charge in [0.25, 0.3) is 5.91 Å². The second kappa shape index (κ2) is 9.27. The van der Waals surface area contributed by atoms with Crippen molar-refractivity contribution in [3.8, 4) is 17.2 Å². The van der Waals surface area contributed by atoms with Crippen LogP contribution in [0, 0.1) is 17.2 Å². The number of nitrogens with one attached hydrogen (secondary N) is 1. The molecule has 4 aromatic rings. The molecule has 1 fully saturated rings. The third-order valence-electron chi connectivity index (χ3n) is 6.31. The number of amides is 1. The first-order valence-electron chi connectivity index (χ1n) is 11.6. The van der Waals surface area contributed by atoms with E-state index in [0.717, 1.165) is 11.1 Å². The molecular formula is C24H26N10O2. The maximum absolute atomic E-state index is 12.3. The normalized spacial score (nSPS) is 18.3. The molecule has 1 saturated heterocycles. The summed E-state index contributed by atoms with van der Waals surface area (Å²) in [5.41, 5.74) is 9.48. The summed E-state index contributed by atoms with van der Waals surface area (Å²) in [6, 6.07) is 3.95. The van der Waals surface area contributed by atoms with Crippen LogP contribution in [0.4, 0.5) is 11.6 Å². The van der Waals surface area contributed by atoms with Crippen LogP contribution in [0.1, 0.15) is 29.8 Å². The Labute approximate surface area is 207 Å². The van der Waals surface area contributed by atoms with Crippen LogP contribution >= 0.6 is 0 Å². The number of carbonyl (C=O) groups is 1. The average Bonchev–Trinajstić information content (AvgIpc) is 3.57. The van der Waals surface area contributed by atoms with Gasteiger partial charge in [-0.05, 0) is 18.9 Å². The van der Waals surface area contributed by atoms with Crippen LogP contribution in [0.2, 0.25) is 0 Å². The number of aromatic nitrogens is 6. The third kappa shape index (κ3) is 4.44. The summed E-state index contributed by atoms with van der Waals surface area (Å²) >= 11 is 0. The van der Waals surface area contributed by atoms with Crippen LogP contribution in [-0.4, -0.2) is 65.6 Å². The van der Waals surface area contributed by atoms with Crippen molar-refractivity contribution in [2.45, 2.75) is 32.5 Å². The molecule has 4 aromatic heterocycles. The number of nitrogens with two attached hydrogens (primary N) is 1. The standard InChI is InChI=1S/C24H26N10O2/c1-14-9-32(24-27-5-16(4-25)6-28-24)13-20(14)31-22-19(23(26)36)8-30-34-12-17(3-21(22)34)18-7-29-33(11-18)10-15(2)35/h3,5-8,11-12,14-15,20,31,35H,9-10,13H2,1-2H3,(H2,26,36)/t14-,15+,20-/m1/s1. The first kappa shape index (κ1) is 23.3. The predicted molar refractivity (Wildman–Crippen MR) is 132 cm³/mol. The molecule has 0 saturated carbocycles. The van der Waals surface area contributed by atoms with E-state index in [1.54, 1.807) is 22.3 Å². The molecule has 184 valence electrons. The van der Waals surface area contributed by atoms with Crippen molar-refractivity contribution >= 4 is 23.1 Å². The Hall–Kier alpha value is -4.50. The topological polar surface area (TPSA) is 163 Å². The largest absolute Gasteiger partial charge is 0.391 e. The fourth-order valence-corrected chi connectivity index (χ4v) is 4.48. The zero-order valence-corrected chi connectivity index (χ0v) is 19.9. The van der Waals surface area contributed by atoms with E-state index in [2.05, 4.69) is 32.4 Å². The number of aliphatic hydroxyl groups is 1. The number of fused-ring (bicyclic) bond motifs is 1. The fourth-order valence-electron chi connectivity index (χ4n) is 4.48. The second-order valence-corrected chi connectivity index (χ2v) is 9.17. The zero-order chi connectivity index (χ0) is 25.4. The van der Waals surface area contributed by atoms with Crippen molar-refractivity contribution in [3.05, 3.63) is 54.4 Å². The first-order valence-corrected chi connectivity index (χ1v) is 11.6. The van der Waals surface area contributed by atoms with Gasteiger partial charge in [-0.25, -0.2) is 14.5 Å². The maximum atomic E-state index is 12.3. The Morgan fingerprint density at radius 2 is 2.00 bits per heavy atom. The summed E-state index contributed by atoms with van der Waals surface area (Å²) in [5, 5.41) is 30.9. The molecule has 4 N–H and O–H groups in total. The minimum absolute atomic E-state index is 0.0133. The number of rotatable bonds is 7. The van der Waals surface area contributed by atoms with Gasteiger partial charge in [0.2, 0.25) is 5.95 Å². The van der Waals surface area contributed by atoms with Gasteiger partial charge in [-0.2, -0.15) is 15.5 Å². The van der Waals surface area contributed by atoms with E-state index < -0.39 is 12.0 Å². The Balaban J connectivity index is 1.45. The van der Waals surface area contributed by atoms with Crippen molar-refractivity contribution in [3.63, 3.8) is 0 Å². The van der Waals surface area contributed by atoms with Crippen LogP contribution in [0.3, 0.4) is 0 Å². The molecule has 1 amide bonds. The van der Waals surface area contributed by atoms with Gasteiger partial charge >= 0.3 is 0 Å². The van der Waals surface area contributed by atoms with Crippen LogP contribution < -0.4 is 16.0 Å². The molecule has 0 unspecified atom stereocenters. The molecular weight excluding hydrogens is 460 g/mol. The highest BCUT2D eigenvalue weighted by molar-refractivity contribution is 6.02. The molecule has 5 heterocycles. The summed E-state index contributed by atoms with van der Waals surface area (Å²) in [4.78, 5) is 23.0. The molecule has 1 aliphatic rings. The summed E-state index contributed by atoms with van der Waals surface area (Å²) in [7, 11) is 0. The first-order chi connectivity index (χ1) is 17.3. The lowest BCUT2D eigenvalue weighted by Crippen LogP contribution is -2.30. The van der Waals surface area contributed by atoms with Gasteiger partial charge in [-0.15, -0.1) is 0 Å². The van der Waals surface area contributed by atoms with Crippen molar-refractivity contribution in [1.82, 2.24) is 29.4 Å². The Morgan fingerprint density at radius 3 is 2.69 bits per heavy atom. The maximum Gasteiger partial charge on any atom is 0.252 e. The van der Waals surface area contributed by atoms with E-state index in [9.17, 15) is 9.90 Å². The Bertz CT molecular complexity index is 1450. The SMILES string of the molecule is C[C@H](O)Cn1cc(-c2cc3c(N[C@@H]4CN(c5ncc(C#N)cn5)C[C@H]4C)c(C(N)=O)cnn3c2)cn1. The monoisotopic (exact) mass is 486 g/mol. The van der Waals surface area contributed by atoms with Gasteiger partial charge in [-0.1, -0.05) is 6.92 Å². The molecule has 0 bridgehead atoms. The highest BCUT2D eigenvalue weighted by Crippen LogP contribution is 2.31. The molecule has 12 heteroatoms. The van der Waals surface area contributed by atoms with Gasteiger partial charge < -0.3 is 21.1 Å². The number of hydrogen-bond acceptors (Lipinski definition) is 9. The van der Waals surface area contributed by atoms with Crippen molar-refractivity contribution in [1.29, 1.82) is 5.26 Å². The van der Waals surface area contributed by atoms with E-state index in [4.69, 9.17) is 11.0 Å². The fraction of sp³-hybridized carbons (Fsp3) is 0.333. The number of nitriles is 1. The van der Waals surface area contributed by atoms with Crippen LogP contribution in [-0.2, 0) is 6.54 Å². The van der Waals surface area contributed by atoms with E-state index in [-0.39, 0.29) is 12.0 Å². The lowest BCUT2D eigenvalue weighted by molar-refractivity contribution is 0.100. The van der Waals surface area contributed by atoms with Gasteiger partial charge in [-0.3, -0.25) is 9.48 Å². The number of anilines is 2. The number of primary amides is 1. The van der Waals surface area contributed by atoms with E-state index in [1.165, 1.54) is 18.6 Å². The molecule has 1 aliphatic heterocycles. The van der Waals surface area contributed by atoms with Crippen LogP contribution in [0.5, 0.6) is 0 Å². The quantitative estimate of drug-likeness (QED) is 0.349. The minimum Gasteiger partial charge on any atom is -0.391 e. The summed E-state index contributed by atoms with van der Waals surface area (Å²) in [6.07, 6.45) is 9.44. The van der Waals surface area contributed by atoms with Gasteiger partial charge in [0.1, 0.15) is 6.07 Å². The van der Waals surface area contributed by atoms with E-state index in [0.29, 0.717) is 47.9 Å². The van der Waals surface area contributed by atoms with Gasteiger partial charge in [0.05, 0.1) is 59.8 Å². The predicted octanol–water partition coefficient (Wildman–Crippen LogP) is 1.28. The number of hydrogen-bond donors (Lipinski definition) is 3. The number of carbonyl (C=O) groups excluding carboxylic acids is 1. The molecule has 0 aliphatic carbocycles. The van der Waals surface area contributed by atoms with Crippen LogP contribution in [0.25, 0.3) is 16.6 Å². The van der Waals surface area contributed by atoms with Crippen molar-refractivity contribution < 1.29 is 9.90 Å². The third-order valence-corrected chi connectivity index (χ3v) is 6.31. The molecule has 5 rings (SSSR count). The molecule has 0 aromatic carbocycles. The average molecular weight is 487 g/mol. The minimum atomic E-state index is -0.571. The smallest absolute Gasteiger partial charge is 0.252 e. The lowest BCUT2D eigenvalue weighted by Gasteiger charge is -2.20. The molecule has 36 heavy (non-hydrogen) atoms. The second-order valence-electron chi connectivity index (χ2n) is 9.17. The number of aliphatic hydroxyl groups excluding tert-OH is 1. The van der Waals surface area contributed by atoms with E-state index in [1.807, 2.05) is 29.4 Å². The van der Waals surface area contributed by atoms with Gasteiger partial charge in [0, 0.05) is 42.7 Å². The lowest BCUT2D eigenvalue weighted by atomic mass is 10.1. The Kier molecular flexibility index (Phi) is 5.99. The highest BCUT2D eigenvalue weighted by atomic mass is 16.3. The molecule has 0 radical (unpaired) electrons. The molecule has 3 atom stereocenters. The Morgan fingerprint density at radius 1 is 1.22 bits per heavy atom. The van der Waals surface area contributed by atoms with Crippen LogP contribution in [0.15, 0.2) is 43.2 Å². The number of nitrogens with zero attached hydrogens (tertiary/aromatic N) is 8. The molecule has 12 nitrogen and oxygen atoms in total.